The molecule has 0 fully saturated rings. The number of anilines is 1. The monoisotopic (exact) mass is 307 g/mol. The van der Waals surface area contributed by atoms with Crippen molar-refractivity contribution in [2.24, 2.45) is 0 Å². The molecule has 0 saturated heterocycles. The van der Waals surface area contributed by atoms with Crippen molar-refractivity contribution in [2.75, 3.05) is 5.32 Å². The maximum absolute atomic E-state index is 12.6. The first-order valence-corrected chi connectivity index (χ1v) is 7.32. The first-order chi connectivity index (χ1) is 9.15. The average Bonchev–Trinajstić information content (AvgIpc) is 2.38. The summed E-state index contributed by atoms with van der Waals surface area (Å²) in [5.74, 6) is -4.77. The summed E-state index contributed by atoms with van der Waals surface area (Å²) in [6.07, 6.45) is 0.144. The van der Waals surface area contributed by atoms with Crippen LogP contribution in [0.1, 0.15) is 20.3 Å². The number of aliphatic carboxylic acids is 1. The number of carbonyl (C=O) groups is 1. The van der Waals surface area contributed by atoms with Gasteiger partial charge in [-0.1, -0.05) is 19.1 Å². The minimum atomic E-state index is -4.80. The Bertz CT molecular complexity index is 603. The zero-order valence-electron chi connectivity index (χ0n) is 10.9. The van der Waals surface area contributed by atoms with Gasteiger partial charge in [0.25, 0.3) is 0 Å². The fourth-order valence-corrected chi connectivity index (χ4v) is 2.39. The summed E-state index contributed by atoms with van der Waals surface area (Å²) in [6, 6.07) is 5.00. The Morgan fingerprint density at radius 1 is 1.40 bits per heavy atom. The highest BCUT2D eigenvalue weighted by atomic mass is 32.2. The molecule has 2 N–H and O–H groups in total. The molecule has 0 aliphatic carbocycles. The maximum atomic E-state index is 12.6. The minimum Gasteiger partial charge on any atom is -0.480 e. The van der Waals surface area contributed by atoms with Crippen LogP contribution in [0.5, 0.6) is 0 Å². The summed E-state index contributed by atoms with van der Waals surface area (Å²) in [5.41, 5.74) is -1.60. The van der Waals surface area contributed by atoms with Gasteiger partial charge in [0, 0.05) is 0 Å². The molecule has 1 unspecified atom stereocenters. The zero-order chi connectivity index (χ0) is 15.6. The lowest BCUT2D eigenvalue weighted by Crippen LogP contribution is -2.43. The first kappa shape index (κ1) is 16.4. The number of sulfone groups is 1. The molecule has 112 valence electrons. The highest BCUT2D eigenvalue weighted by Gasteiger charge is 2.34. The first-order valence-electron chi connectivity index (χ1n) is 5.78. The average molecular weight is 307 g/mol. The van der Waals surface area contributed by atoms with E-state index in [0.29, 0.717) is 0 Å². The number of carboxylic acids is 1. The molecule has 1 aromatic carbocycles. The molecule has 0 aliphatic heterocycles. The normalized spacial score (nSPS) is 14.8. The lowest BCUT2D eigenvalue weighted by molar-refractivity contribution is -0.141. The van der Waals surface area contributed by atoms with E-state index in [1.807, 2.05) is 0 Å². The number of alkyl halides is 2. The van der Waals surface area contributed by atoms with Crippen molar-refractivity contribution in [1.82, 2.24) is 0 Å². The standard InChI is InChI=1S/C12H15F2NO4S/c1-3-12(2,10(16)17)15-8-6-4-5-7-9(8)20(18,19)11(13)14/h4-7,11,15H,3H2,1-2H3,(H,16,17). The molecule has 1 atom stereocenters. The van der Waals surface area contributed by atoms with Crippen LogP contribution in [0, 0.1) is 0 Å². The van der Waals surface area contributed by atoms with Gasteiger partial charge in [0.05, 0.1) is 10.6 Å². The van der Waals surface area contributed by atoms with Crippen LogP contribution in [-0.2, 0) is 14.6 Å². The summed E-state index contributed by atoms with van der Waals surface area (Å²) < 4.78 is 48.4. The Labute approximate surface area is 115 Å². The van der Waals surface area contributed by atoms with E-state index in [2.05, 4.69) is 5.32 Å². The molecule has 0 spiro atoms. The number of hydrogen-bond donors (Lipinski definition) is 2. The molecule has 0 heterocycles. The van der Waals surface area contributed by atoms with Gasteiger partial charge in [-0.05, 0) is 25.5 Å². The maximum Gasteiger partial charge on any atom is 0.341 e. The molecule has 5 nitrogen and oxygen atoms in total. The van der Waals surface area contributed by atoms with Crippen LogP contribution < -0.4 is 5.32 Å². The van der Waals surface area contributed by atoms with Crippen LogP contribution in [0.2, 0.25) is 0 Å². The van der Waals surface area contributed by atoms with Crippen molar-refractivity contribution in [3.8, 4) is 0 Å². The summed E-state index contributed by atoms with van der Waals surface area (Å²) in [7, 11) is -4.80. The van der Waals surface area contributed by atoms with E-state index in [-0.39, 0.29) is 12.1 Å². The van der Waals surface area contributed by atoms with Gasteiger partial charge >= 0.3 is 11.7 Å². The van der Waals surface area contributed by atoms with Crippen LogP contribution in [0.25, 0.3) is 0 Å². The van der Waals surface area contributed by atoms with E-state index in [9.17, 15) is 22.0 Å². The van der Waals surface area contributed by atoms with Crippen LogP contribution >= 0.6 is 0 Å². The Morgan fingerprint density at radius 2 is 1.95 bits per heavy atom. The Hall–Kier alpha value is -1.70. The largest absolute Gasteiger partial charge is 0.480 e. The van der Waals surface area contributed by atoms with E-state index in [0.717, 1.165) is 6.07 Å². The van der Waals surface area contributed by atoms with E-state index in [4.69, 9.17) is 5.11 Å². The van der Waals surface area contributed by atoms with Gasteiger partial charge in [0.15, 0.2) is 0 Å². The molecule has 1 aromatic rings. The fraction of sp³-hybridized carbons (Fsp3) is 0.417. The number of nitrogens with one attached hydrogen (secondary N) is 1. The molecule has 0 aliphatic rings. The molecule has 0 saturated carbocycles. The molecule has 20 heavy (non-hydrogen) atoms. The number of carboxylic acid groups (broad SMARTS) is 1. The Balaban J connectivity index is 3.32. The predicted octanol–water partition coefficient (Wildman–Crippen LogP) is 2.35. The van der Waals surface area contributed by atoms with Gasteiger partial charge in [0.2, 0.25) is 9.84 Å². The molecular formula is C12H15F2NO4S. The fourth-order valence-electron chi connectivity index (χ4n) is 1.50. The van der Waals surface area contributed by atoms with Crippen LogP contribution in [-0.4, -0.2) is 30.8 Å². The second kappa shape index (κ2) is 5.74. The van der Waals surface area contributed by atoms with Gasteiger partial charge < -0.3 is 10.4 Å². The SMILES string of the molecule is CCC(C)(Nc1ccccc1S(=O)(=O)C(F)F)C(=O)O. The lowest BCUT2D eigenvalue weighted by Gasteiger charge is -2.27. The van der Waals surface area contributed by atoms with Crippen molar-refractivity contribution in [1.29, 1.82) is 0 Å². The van der Waals surface area contributed by atoms with Crippen molar-refractivity contribution < 1.29 is 27.1 Å². The second-order valence-corrected chi connectivity index (χ2v) is 6.30. The molecule has 0 amide bonds. The van der Waals surface area contributed by atoms with Crippen molar-refractivity contribution in [3.63, 3.8) is 0 Å². The summed E-state index contributed by atoms with van der Waals surface area (Å²) in [4.78, 5) is 10.6. The highest BCUT2D eigenvalue weighted by Crippen LogP contribution is 2.29. The van der Waals surface area contributed by atoms with Gasteiger partial charge in [-0.15, -0.1) is 0 Å². The van der Waals surface area contributed by atoms with E-state index in [1.54, 1.807) is 6.92 Å². The molecular weight excluding hydrogens is 292 g/mol. The Kier molecular flexibility index (Phi) is 4.69. The summed E-state index contributed by atoms with van der Waals surface area (Å²) in [6.45, 7) is 2.94. The van der Waals surface area contributed by atoms with Crippen LogP contribution in [0.4, 0.5) is 14.5 Å². The van der Waals surface area contributed by atoms with Crippen molar-refractivity contribution in [2.45, 2.75) is 36.5 Å². The molecule has 0 radical (unpaired) electrons. The van der Waals surface area contributed by atoms with Gasteiger partial charge in [-0.25, -0.2) is 13.2 Å². The summed E-state index contributed by atoms with van der Waals surface area (Å²) >= 11 is 0. The second-order valence-electron chi connectivity index (χ2n) is 4.42. The molecule has 8 heteroatoms. The molecule has 0 bridgehead atoms. The third-order valence-corrected chi connectivity index (χ3v) is 4.46. The van der Waals surface area contributed by atoms with Crippen LogP contribution in [0.3, 0.4) is 0 Å². The predicted molar refractivity (Wildman–Crippen MR) is 69.6 cm³/mol. The third-order valence-electron chi connectivity index (χ3n) is 3.02. The van der Waals surface area contributed by atoms with Crippen molar-refractivity contribution >= 4 is 21.5 Å². The smallest absolute Gasteiger partial charge is 0.341 e. The summed E-state index contributed by atoms with van der Waals surface area (Å²) in [5, 5.41) is 11.7. The molecule has 0 aromatic heterocycles. The topological polar surface area (TPSA) is 83.5 Å². The van der Waals surface area contributed by atoms with E-state index < -0.39 is 32.0 Å². The third kappa shape index (κ3) is 3.06. The lowest BCUT2D eigenvalue weighted by atomic mass is 9.99. The van der Waals surface area contributed by atoms with E-state index in [1.165, 1.54) is 25.1 Å². The van der Waals surface area contributed by atoms with E-state index >= 15 is 0 Å². The van der Waals surface area contributed by atoms with Gasteiger partial charge in [-0.3, -0.25) is 0 Å². The Morgan fingerprint density at radius 3 is 2.40 bits per heavy atom. The zero-order valence-corrected chi connectivity index (χ0v) is 11.7. The number of hydrogen-bond acceptors (Lipinski definition) is 4. The number of rotatable bonds is 6. The number of benzene rings is 1. The van der Waals surface area contributed by atoms with Gasteiger partial charge in [-0.2, -0.15) is 8.78 Å². The van der Waals surface area contributed by atoms with Crippen LogP contribution in [0.15, 0.2) is 29.2 Å². The highest BCUT2D eigenvalue weighted by molar-refractivity contribution is 7.91. The number of para-hydroxylation sites is 1. The van der Waals surface area contributed by atoms with Crippen molar-refractivity contribution in [3.05, 3.63) is 24.3 Å². The minimum absolute atomic E-state index is 0.144. The molecule has 1 rings (SSSR count). The quantitative estimate of drug-likeness (QED) is 0.843. The number of halogens is 2. The van der Waals surface area contributed by atoms with Gasteiger partial charge in [0.1, 0.15) is 5.54 Å².